The fraction of sp³-hybridized carbons (Fsp3) is 0.471. The summed E-state index contributed by atoms with van der Waals surface area (Å²) in [5.41, 5.74) is 0.443. The molecule has 1 aliphatic heterocycles. The summed E-state index contributed by atoms with van der Waals surface area (Å²) in [6.07, 6.45) is 0. The van der Waals surface area contributed by atoms with E-state index >= 15 is 0 Å². The number of carbonyl (C=O) groups is 2. The van der Waals surface area contributed by atoms with Crippen LogP contribution in [0.5, 0.6) is 11.5 Å². The van der Waals surface area contributed by atoms with Crippen LogP contribution in [0.3, 0.4) is 0 Å². The Morgan fingerprint density at radius 2 is 2.21 bits per heavy atom. The molecule has 1 aromatic carbocycles. The Morgan fingerprint density at radius 1 is 1.46 bits per heavy atom. The van der Waals surface area contributed by atoms with Gasteiger partial charge in [0.25, 0.3) is 5.91 Å². The third-order valence-electron chi connectivity index (χ3n) is 3.85. The number of hydrogen-bond acceptors (Lipinski definition) is 5. The first-order chi connectivity index (χ1) is 11.5. The Balaban J connectivity index is 2.07. The van der Waals surface area contributed by atoms with Crippen molar-refractivity contribution in [3.8, 4) is 17.6 Å². The van der Waals surface area contributed by atoms with Gasteiger partial charge in [0.05, 0.1) is 18.7 Å². The van der Waals surface area contributed by atoms with Gasteiger partial charge in [-0.15, -0.1) is 0 Å². The van der Waals surface area contributed by atoms with Gasteiger partial charge in [0.2, 0.25) is 5.91 Å². The van der Waals surface area contributed by atoms with E-state index < -0.39 is 6.04 Å². The maximum atomic E-state index is 12.5. The van der Waals surface area contributed by atoms with E-state index in [1.165, 1.54) is 7.11 Å². The minimum Gasteiger partial charge on any atom is -0.493 e. The lowest BCUT2D eigenvalue weighted by molar-refractivity contribution is -0.146. The number of amides is 2. The minimum absolute atomic E-state index is 0.0127. The van der Waals surface area contributed by atoms with Gasteiger partial charge in [-0.05, 0) is 18.1 Å². The standard InChI is InChI=1S/C17H21N3O4/c1-11(2)16-17(22)19-6-7-20(16)15(21)10-24-13-5-4-12(9-18)8-14(13)23-3/h4-5,8,11,16H,6-7,10H2,1-3H3,(H,19,22)/t16-/m0/s1. The second kappa shape index (κ2) is 7.68. The molecule has 0 aliphatic carbocycles. The average Bonchev–Trinajstić information content (AvgIpc) is 2.58. The molecular formula is C17H21N3O4. The molecule has 0 bridgehead atoms. The number of methoxy groups -OCH3 is 1. The number of rotatable bonds is 5. The Labute approximate surface area is 141 Å². The number of hydrogen-bond donors (Lipinski definition) is 1. The fourth-order valence-electron chi connectivity index (χ4n) is 2.71. The molecule has 0 saturated carbocycles. The minimum atomic E-state index is -0.488. The molecule has 1 atom stereocenters. The molecule has 128 valence electrons. The first-order valence-corrected chi connectivity index (χ1v) is 7.76. The molecule has 1 aliphatic rings. The smallest absolute Gasteiger partial charge is 0.261 e. The average molecular weight is 331 g/mol. The topological polar surface area (TPSA) is 91.7 Å². The zero-order chi connectivity index (χ0) is 17.7. The van der Waals surface area contributed by atoms with Gasteiger partial charge in [-0.25, -0.2) is 0 Å². The molecule has 1 aromatic rings. The van der Waals surface area contributed by atoms with Crippen molar-refractivity contribution in [3.05, 3.63) is 23.8 Å². The van der Waals surface area contributed by atoms with Crippen molar-refractivity contribution in [1.29, 1.82) is 5.26 Å². The van der Waals surface area contributed by atoms with Gasteiger partial charge in [-0.3, -0.25) is 9.59 Å². The van der Waals surface area contributed by atoms with Crippen LogP contribution in [0, 0.1) is 17.2 Å². The van der Waals surface area contributed by atoms with Gasteiger partial charge in [0.1, 0.15) is 6.04 Å². The van der Waals surface area contributed by atoms with Crippen molar-refractivity contribution >= 4 is 11.8 Å². The van der Waals surface area contributed by atoms with Crippen LogP contribution in [0.25, 0.3) is 0 Å². The first kappa shape index (κ1) is 17.6. The predicted molar refractivity (Wildman–Crippen MR) is 86.6 cm³/mol. The number of nitrogens with one attached hydrogen (secondary N) is 1. The van der Waals surface area contributed by atoms with Crippen molar-refractivity contribution in [2.45, 2.75) is 19.9 Å². The summed E-state index contributed by atoms with van der Waals surface area (Å²) in [7, 11) is 1.47. The molecule has 2 rings (SSSR count). The second-order valence-corrected chi connectivity index (χ2v) is 5.83. The van der Waals surface area contributed by atoms with Crippen molar-refractivity contribution < 1.29 is 19.1 Å². The third-order valence-corrected chi connectivity index (χ3v) is 3.85. The molecule has 1 heterocycles. The lowest BCUT2D eigenvalue weighted by Gasteiger charge is -2.37. The lowest BCUT2D eigenvalue weighted by Crippen LogP contribution is -2.60. The molecular weight excluding hydrogens is 310 g/mol. The SMILES string of the molecule is COc1cc(C#N)ccc1OCC(=O)N1CCNC(=O)[C@@H]1C(C)C. The van der Waals surface area contributed by atoms with Gasteiger partial charge in [-0.2, -0.15) is 5.26 Å². The highest BCUT2D eigenvalue weighted by atomic mass is 16.5. The van der Waals surface area contributed by atoms with Crippen LogP contribution in [0.4, 0.5) is 0 Å². The Hall–Kier alpha value is -2.75. The van der Waals surface area contributed by atoms with Gasteiger partial charge in [0, 0.05) is 19.2 Å². The van der Waals surface area contributed by atoms with Crippen LogP contribution >= 0.6 is 0 Å². The van der Waals surface area contributed by atoms with Gasteiger partial charge in [0.15, 0.2) is 18.1 Å². The molecule has 7 heteroatoms. The van der Waals surface area contributed by atoms with E-state index in [0.717, 1.165) is 0 Å². The maximum absolute atomic E-state index is 12.5. The summed E-state index contributed by atoms with van der Waals surface area (Å²) < 4.78 is 10.7. The summed E-state index contributed by atoms with van der Waals surface area (Å²) in [5, 5.41) is 11.7. The van der Waals surface area contributed by atoms with Crippen LogP contribution in [0.2, 0.25) is 0 Å². The summed E-state index contributed by atoms with van der Waals surface area (Å²) in [5.74, 6) is 0.389. The van der Waals surface area contributed by atoms with Crippen LogP contribution in [0.1, 0.15) is 19.4 Å². The molecule has 7 nitrogen and oxygen atoms in total. The number of nitriles is 1. The van der Waals surface area contributed by atoms with Crippen LogP contribution in [-0.4, -0.2) is 49.6 Å². The largest absolute Gasteiger partial charge is 0.493 e. The van der Waals surface area contributed by atoms with E-state index in [1.807, 2.05) is 19.9 Å². The Bertz CT molecular complexity index is 666. The normalized spacial score (nSPS) is 17.2. The Morgan fingerprint density at radius 3 is 2.83 bits per heavy atom. The van der Waals surface area contributed by atoms with Crippen LogP contribution in [0.15, 0.2) is 18.2 Å². The van der Waals surface area contributed by atoms with Gasteiger partial charge < -0.3 is 19.7 Å². The van der Waals surface area contributed by atoms with Crippen molar-refractivity contribution in [2.24, 2.45) is 5.92 Å². The van der Waals surface area contributed by atoms with Gasteiger partial charge in [-0.1, -0.05) is 13.8 Å². The molecule has 0 aromatic heterocycles. The molecule has 1 fully saturated rings. The van der Waals surface area contributed by atoms with E-state index in [9.17, 15) is 9.59 Å². The molecule has 0 radical (unpaired) electrons. The highest BCUT2D eigenvalue weighted by Crippen LogP contribution is 2.28. The molecule has 1 saturated heterocycles. The van der Waals surface area contributed by atoms with Crippen LogP contribution < -0.4 is 14.8 Å². The molecule has 2 amide bonds. The number of piperazine rings is 1. The van der Waals surface area contributed by atoms with Crippen molar-refractivity contribution in [2.75, 3.05) is 26.8 Å². The highest BCUT2D eigenvalue weighted by molar-refractivity contribution is 5.89. The monoisotopic (exact) mass is 331 g/mol. The Kier molecular flexibility index (Phi) is 5.64. The van der Waals surface area contributed by atoms with Crippen molar-refractivity contribution in [1.82, 2.24) is 10.2 Å². The van der Waals surface area contributed by atoms with Crippen molar-refractivity contribution in [3.63, 3.8) is 0 Å². The van der Waals surface area contributed by atoms with E-state index in [4.69, 9.17) is 14.7 Å². The molecule has 1 N–H and O–H groups in total. The number of ether oxygens (including phenoxy) is 2. The highest BCUT2D eigenvalue weighted by Gasteiger charge is 2.35. The fourth-order valence-corrected chi connectivity index (χ4v) is 2.71. The molecule has 0 unspecified atom stereocenters. The molecule has 24 heavy (non-hydrogen) atoms. The van der Waals surface area contributed by atoms with E-state index in [2.05, 4.69) is 5.32 Å². The summed E-state index contributed by atoms with van der Waals surface area (Å²) in [4.78, 5) is 26.0. The van der Waals surface area contributed by atoms with E-state index in [-0.39, 0.29) is 24.3 Å². The summed E-state index contributed by atoms with van der Waals surface area (Å²) in [6.45, 7) is 4.51. The first-order valence-electron chi connectivity index (χ1n) is 7.76. The second-order valence-electron chi connectivity index (χ2n) is 5.83. The van der Waals surface area contributed by atoms with Gasteiger partial charge >= 0.3 is 0 Å². The molecule has 0 spiro atoms. The number of benzene rings is 1. The summed E-state index contributed by atoms with van der Waals surface area (Å²) >= 11 is 0. The quantitative estimate of drug-likeness (QED) is 0.866. The zero-order valence-electron chi connectivity index (χ0n) is 14.0. The van der Waals surface area contributed by atoms with E-state index in [1.54, 1.807) is 23.1 Å². The predicted octanol–water partition coefficient (Wildman–Crippen LogP) is 0.929. The van der Waals surface area contributed by atoms with Crippen LogP contribution in [-0.2, 0) is 9.59 Å². The number of carbonyl (C=O) groups excluding carboxylic acids is 2. The zero-order valence-corrected chi connectivity index (χ0v) is 14.0. The maximum Gasteiger partial charge on any atom is 0.261 e. The van der Waals surface area contributed by atoms with E-state index in [0.29, 0.717) is 30.2 Å². The summed E-state index contributed by atoms with van der Waals surface area (Å²) in [6, 6.07) is 6.25. The number of nitrogens with zero attached hydrogens (tertiary/aromatic N) is 2. The lowest BCUT2D eigenvalue weighted by atomic mass is 9.99. The third kappa shape index (κ3) is 3.77.